The number of ether oxygens (including phenoxy) is 2. The summed E-state index contributed by atoms with van der Waals surface area (Å²) in [5, 5.41) is 3.48. The van der Waals surface area contributed by atoms with Crippen LogP contribution in [-0.4, -0.2) is 64.6 Å². The van der Waals surface area contributed by atoms with Crippen LogP contribution in [0.25, 0.3) is 0 Å². The van der Waals surface area contributed by atoms with E-state index in [2.05, 4.69) is 17.1 Å². The second kappa shape index (κ2) is 8.01. The Kier molecular flexibility index (Phi) is 6.96. The third-order valence-corrected chi connectivity index (χ3v) is 3.46. The number of methoxy groups -OCH3 is 2. The van der Waals surface area contributed by atoms with E-state index < -0.39 is 0 Å². The van der Waals surface area contributed by atoms with E-state index in [-0.39, 0.29) is 0 Å². The van der Waals surface area contributed by atoms with E-state index in [1.165, 1.54) is 6.42 Å². The predicted molar refractivity (Wildman–Crippen MR) is 65.8 cm³/mol. The summed E-state index contributed by atoms with van der Waals surface area (Å²) in [5.41, 5.74) is 0. The summed E-state index contributed by atoms with van der Waals surface area (Å²) in [6.07, 6.45) is 1.24. The van der Waals surface area contributed by atoms with Crippen molar-refractivity contribution in [1.29, 1.82) is 0 Å². The van der Waals surface area contributed by atoms with Crippen molar-refractivity contribution in [2.75, 3.05) is 53.6 Å². The largest absolute Gasteiger partial charge is 0.383 e. The molecule has 1 heterocycles. The molecule has 1 N–H and O–H groups in total. The van der Waals surface area contributed by atoms with Crippen LogP contribution < -0.4 is 5.32 Å². The Morgan fingerprint density at radius 1 is 1.12 bits per heavy atom. The Labute approximate surface area is 99.3 Å². The molecule has 2 unspecified atom stereocenters. The quantitative estimate of drug-likeness (QED) is 0.661. The predicted octanol–water partition coefficient (Wildman–Crippen LogP) is 0.579. The van der Waals surface area contributed by atoms with Gasteiger partial charge in [-0.15, -0.1) is 0 Å². The van der Waals surface area contributed by atoms with Crippen LogP contribution in [0.3, 0.4) is 0 Å². The van der Waals surface area contributed by atoms with Crippen LogP contribution >= 0.6 is 0 Å². The highest BCUT2D eigenvalue weighted by molar-refractivity contribution is 4.87. The zero-order chi connectivity index (χ0) is 11.8. The highest BCUT2D eigenvalue weighted by Gasteiger charge is 2.30. The first-order valence-corrected chi connectivity index (χ1v) is 6.26. The monoisotopic (exact) mass is 230 g/mol. The second-order valence-corrected chi connectivity index (χ2v) is 4.42. The van der Waals surface area contributed by atoms with Crippen molar-refractivity contribution < 1.29 is 9.47 Å². The molecule has 1 aliphatic heterocycles. The molecule has 1 rings (SSSR count). The van der Waals surface area contributed by atoms with Crippen molar-refractivity contribution in [2.24, 2.45) is 5.92 Å². The van der Waals surface area contributed by atoms with Gasteiger partial charge in [0.2, 0.25) is 0 Å². The van der Waals surface area contributed by atoms with Gasteiger partial charge in [-0.25, -0.2) is 0 Å². The van der Waals surface area contributed by atoms with Crippen molar-refractivity contribution in [2.45, 2.75) is 19.4 Å². The highest BCUT2D eigenvalue weighted by atomic mass is 16.5. The molecule has 1 fully saturated rings. The van der Waals surface area contributed by atoms with Crippen molar-refractivity contribution in [3.05, 3.63) is 0 Å². The minimum Gasteiger partial charge on any atom is -0.383 e. The summed E-state index contributed by atoms with van der Waals surface area (Å²) in [6, 6.07) is 0.648. The van der Waals surface area contributed by atoms with Gasteiger partial charge < -0.3 is 14.8 Å². The highest BCUT2D eigenvalue weighted by Crippen LogP contribution is 2.18. The third kappa shape index (κ3) is 4.01. The molecular weight excluding hydrogens is 204 g/mol. The molecular formula is C12H26N2O2. The van der Waals surface area contributed by atoms with Gasteiger partial charge in [-0.05, 0) is 12.5 Å². The molecule has 0 aliphatic carbocycles. The average Bonchev–Trinajstić information content (AvgIpc) is 2.77. The molecule has 0 aromatic carbocycles. The molecule has 16 heavy (non-hydrogen) atoms. The SMILES string of the molecule is CCC1CNCC1N(CCOC)CCOC. The zero-order valence-corrected chi connectivity index (χ0v) is 10.9. The third-order valence-electron chi connectivity index (χ3n) is 3.46. The van der Waals surface area contributed by atoms with Crippen LogP contribution in [0.4, 0.5) is 0 Å². The van der Waals surface area contributed by atoms with E-state index >= 15 is 0 Å². The van der Waals surface area contributed by atoms with Gasteiger partial charge in [0.1, 0.15) is 0 Å². The van der Waals surface area contributed by atoms with E-state index in [1.807, 2.05) is 0 Å². The molecule has 4 heteroatoms. The molecule has 1 aliphatic rings. The fourth-order valence-electron chi connectivity index (χ4n) is 2.42. The lowest BCUT2D eigenvalue weighted by Crippen LogP contribution is -2.44. The zero-order valence-electron chi connectivity index (χ0n) is 10.9. The van der Waals surface area contributed by atoms with Crippen molar-refractivity contribution >= 4 is 0 Å². The van der Waals surface area contributed by atoms with Crippen LogP contribution in [0.1, 0.15) is 13.3 Å². The molecule has 4 nitrogen and oxygen atoms in total. The van der Waals surface area contributed by atoms with Crippen molar-refractivity contribution in [1.82, 2.24) is 10.2 Å². The Morgan fingerprint density at radius 2 is 1.75 bits per heavy atom. The lowest BCUT2D eigenvalue weighted by molar-refractivity contribution is 0.0787. The van der Waals surface area contributed by atoms with Crippen LogP contribution in [0.2, 0.25) is 0 Å². The van der Waals surface area contributed by atoms with E-state index in [9.17, 15) is 0 Å². The van der Waals surface area contributed by atoms with Crippen molar-refractivity contribution in [3.63, 3.8) is 0 Å². The molecule has 0 bridgehead atoms. The average molecular weight is 230 g/mol. The molecule has 0 aromatic heterocycles. The molecule has 0 aromatic rings. The van der Waals surface area contributed by atoms with Crippen molar-refractivity contribution in [3.8, 4) is 0 Å². The molecule has 0 saturated carbocycles. The smallest absolute Gasteiger partial charge is 0.0589 e. The Hall–Kier alpha value is -0.160. The number of hydrogen-bond donors (Lipinski definition) is 1. The van der Waals surface area contributed by atoms with Crippen LogP contribution in [0.15, 0.2) is 0 Å². The van der Waals surface area contributed by atoms with Crippen LogP contribution in [0.5, 0.6) is 0 Å². The van der Waals surface area contributed by atoms with Gasteiger partial charge in [0.25, 0.3) is 0 Å². The number of nitrogens with one attached hydrogen (secondary N) is 1. The lowest BCUT2D eigenvalue weighted by atomic mass is 9.99. The minimum atomic E-state index is 0.648. The Morgan fingerprint density at radius 3 is 2.25 bits per heavy atom. The second-order valence-electron chi connectivity index (χ2n) is 4.42. The molecule has 0 spiro atoms. The van der Waals surface area contributed by atoms with Crippen LogP contribution in [-0.2, 0) is 9.47 Å². The Bertz CT molecular complexity index is 170. The normalized spacial score (nSPS) is 25.5. The fraction of sp³-hybridized carbons (Fsp3) is 1.00. The molecule has 0 amide bonds. The van der Waals surface area contributed by atoms with Gasteiger partial charge in [-0.3, -0.25) is 4.90 Å². The van der Waals surface area contributed by atoms with E-state index in [0.717, 1.165) is 45.3 Å². The van der Waals surface area contributed by atoms with Gasteiger partial charge in [-0.1, -0.05) is 13.3 Å². The maximum absolute atomic E-state index is 5.18. The first-order valence-electron chi connectivity index (χ1n) is 6.26. The molecule has 1 saturated heterocycles. The summed E-state index contributed by atoms with van der Waals surface area (Å²) in [6.45, 7) is 8.14. The summed E-state index contributed by atoms with van der Waals surface area (Å²) < 4.78 is 10.4. The topological polar surface area (TPSA) is 33.7 Å². The summed E-state index contributed by atoms with van der Waals surface area (Å²) in [4.78, 5) is 2.50. The number of rotatable bonds is 8. The first-order chi connectivity index (χ1) is 7.83. The summed E-state index contributed by atoms with van der Waals surface area (Å²) in [5.74, 6) is 0.772. The minimum absolute atomic E-state index is 0.648. The fourth-order valence-corrected chi connectivity index (χ4v) is 2.42. The van der Waals surface area contributed by atoms with Gasteiger partial charge in [0, 0.05) is 39.9 Å². The Balaban J connectivity index is 2.45. The molecule has 96 valence electrons. The van der Waals surface area contributed by atoms with Gasteiger partial charge in [0.05, 0.1) is 13.2 Å². The number of hydrogen-bond acceptors (Lipinski definition) is 4. The first kappa shape index (κ1) is 13.9. The summed E-state index contributed by atoms with van der Waals surface area (Å²) in [7, 11) is 3.53. The maximum Gasteiger partial charge on any atom is 0.0589 e. The number of nitrogens with zero attached hydrogens (tertiary/aromatic N) is 1. The van der Waals surface area contributed by atoms with E-state index in [4.69, 9.17) is 9.47 Å². The van der Waals surface area contributed by atoms with Gasteiger partial charge in [-0.2, -0.15) is 0 Å². The van der Waals surface area contributed by atoms with E-state index in [1.54, 1.807) is 14.2 Å². The molecule has 0 radical (unpaired) electrons. The maximum atomic E-state index is 5.18. The molecule has 2 atom stereocenters. The van der Waals surface area contributed by atoms with Crippen LogP contribution in [0, 0.1) is 5.92 Å². The lowest BCUT2D eigenvalue weighted by Gasteiger charge is -2.31. The standard InChI is InChI=1S/C12H26N2O2/c1-4-11-9-13-10-12(11)14(5-7-15-2)6-8-16-3/h11-13H,4-10H2,1-3H3. The summed E-state index contributed by atoms with van der Waals surface area (Å²) >= 11 is 0. The van der Waals surface area contributed by atoms with Gasteiger partial charge in [0.15, 0.2) is 0 Å². The van der Waals surface area contributed by atoms with E-state index in [0.29, 0.717) is 6.04 Å². The van der Waals surface area contributed by atoms with Gasteiger partial charge >= 0.3 is 0 Å².